The Labute approximate surface area is 104 Å². The van der Waals surface area contributed by atoms with Crippen LogP contribution in [0.4, 0.5) is 5.69 Å². The van der Waals surface area contributed by atoms with E-state index >= 15 is 0 Å². The molecule has 0 saturated heterocycles. The van der Waals surface area contributed by atoms with Gasteiger partial charge in [-0.3, -0.25) is 0 Å². The molecule has 0 atom stereocenters. The standard InChI is InChI=1S/C13H12N4O/c1-7-6-9(8(2)17-16-7)13-15-12-10(14)4-3-5-11(12)18-13/h3-6H,14H2,1-2H3. The summed E-state index contributed by atoms with van der Waals surface area (Å²) in [6.45, 7) is 3.76. The Morgan fingerprint density at radius 3 is 2.78 bits per heavy atom. The third-order valence-electron chi connectivity index (χ3n) is 2.78. The molecular formula is C13H12N4O. The summed E-state index contributed by atoms with van der Waals surface area (Å²) in [5.41, 5.74) is 10.3. The molecule has 5 heteroatoms. The lowest BCUT2D eigenvalue weighted by atomic mass is 10.2. The molecule has 0 fully saturated rings. The minimum absolute atomic E-state index is 0.526. The van der Waals surface area contributed by atoms with Crippen molar-refractivity contribution in [3.63, 3.8) is 0 Å². The third kappa shape index (κ3) is 1.60. The lowest BCUT2D eigenvalue weighted by molar-refractivity contribution is 0.618. The van der Waals surface area contributed by atoms with Gasteiger partial charge in [0.2, 0.25) is 5.89 Å². The predicted molar refractivity (Wildman–Crippen MR) is 68.9 cm³/mol. The topological polar surface area (TPSA) is 77.8 Å². The number of aromatic nitrogens is 3. The van der Waals surface area contributed by atoms with Gasteiger partial charge >= 0.3 is 0 Å². The van der Waals surface area contributed by atoms with Gasteiger partial charge < -0.3 is 10.2 Å². The number of anilines is 1. The van der Waals surface area contributed by atoms with Crippen molar-refractivity contribution in [2.24, 2.45) is 0 Å². The second-order valence-electron chi connectivity index (χ2n) is 4.20. The second kappa shape index (κ2) is 3.80. The zero-order chi connectivity index (χ0) is 12.7. The van der Waals surface area contributed by atoms with E-state index in [4.69, 9.17) is 10.2 Å². The summed E-state index contributed by atoms with van der Waals surface area (Å²) in [5, 5.41) is 8.06. The minimum Gasteiger partial charge on any atom is -0.436 e. The maximum Gasteiger partial charge on any atom is 0.229 e. The SMILES string of the molecule is Cc1cc(-c2nc3c(N)cccc3o2)c(C)nn1. The molecule has 0 unspecified atom stereocenters. The first-order valence-electron chi connectivity index (χ1n) is 5.61. The Morgan fingerprint density at radius 1 is 1.17 bits per heavy atom. The zero-order valence-corrected chi connectivity index (χ0v) is 10.1. The summed E-state index contributed by atoms with van der Waals surface area (Å²) in [7, 11) is 0. The van der Waals surface area contributed by atoms with Crippen LogP contribution < -0.4 is 5.73 Å². The molecule has 3 aromatic rings. The van der Waals surface area contributed by atoms with Gasteiger partial charge in [-0.15, -0.1) is 0 Å². The Morgan fingerprint density at radius 2 is 2.00 bits per heavy atom. The van der Waals surface area contributed by atoms with Gasteiger partial charge in [-0.2, -0.15) is 10.2 Å². The van der Waals surface area contributed by atoms with Crippen LogP contribution in [-0.2, 0) is 0 Å². The molecule has 90 valence electrons. The molecule has 0 bridgehead atoms. The molecule has 0 aliphatic heterocycles. The summed E-state index contributed by atoms with van der Waals surface area (Å²) in [5.74, 6) is 0.526. The van der Waals surface area contributed by atoms with E-state index in [1.165, 1.54) is 0 Å². The van der Waals surface area contributed by atoms with Gasteiger partial charge in [0.05, 0.1) is 22.6 Å². The molecule has 5 nitrogen and oxygen atoms in total. The van der Waals surface area contributed by atoms with Crippen LogP contribution in [0.2, 0.25) is 0 Å². The lowest BCUT2D eigenvalue weighted by Gasteiger charge is -1.99. The van der Waals surface area contributed by atoms with Crippen LogP contribution in [0.25, 0.3) is 22.6 Å². The first-order chi connectivity index (χ1) is 8.65. The molecule has 0 amide bonds. The van der Waals surface area contributed by atoms with Crippen molar-refractivity contribution in [2.45, 2.75) is 13.8 Å². The fourth-order valence-corrected chi connectivity index (χ4v) is 1.85. The van der Waals surface area contributed by atoms with E-state index in [9.17, 15) is 0 Å². The molecule has 0 radical (unpaired) electrons. The van der Waals surface area contributed by atoms with E-state index in [2.05, 4.69) is 15.2 Å². The van der Waals surface area contributed by atoms with Gasteiger partial charge in [-0.05, 0) is 32.0 Å². The molecule has 0 saturated carbocycles. The number of benzene rings is 1. The first-order valence-corrected chi connectivity index (χ1v) is 5.61. The molecular weight excluding hydrogens is 228 g/mol. The number of para-hydroxylation sites is 1. The molecule has 0 aliphatic rings. The van der Waals surface area contributed by atoms with Crippen LogP contribution >= 0.6 is 0 Å². The minimum atomic E-state index is 0.526. The smallest absolute Gasteiger partial charge is 0.229 e. The van der Waals surface area contributed by atoms with E-state index in [1.807, 2.05) is 32.0 Å². The molecule has 0 spiro atoms. The van der Waals surface area contributed by atoms with Gasteiger partial charge in [-0.1, -0.05) is 6.07 Å². The highest BCUT2D eigenvalue weighted by molar-refractivity contribution is 5.87. The Kier molecular flexibility index (Phi) is 2.26. The quantitative estimate of drug-likeness (QED) is 0.661. The second-order valence-corrected chi connectivity index (χ2v) is 4.20. The molecule has 2 heterocycles. The highest BCUT2D eigenvalue weighted by atomic mass is 16.3. The number of nitrogen functional groups attached to an aromatic ring is 1. The summed E-state index contributed by atoms with van der Waals surface area (Å²) in [6.07, 6.45) is 0. The van der Waals surface area contributed by atoms with Crippen molar-refractivity contribution < 1.29 is 4.42 Å². The van der Waals surface area contributed by atoms with E-state index in [-0.39, 0.29) is 0 Å². The van der Waals surface area contributed by atoms with E-state index in [0.717, 1.165) is 17.0 Å². The number of fused-ring (bicyclic) bond motifs is 1. The van der Waals surface area contributed by atoms with Gasteiger partial charge in [0.25, 0.3) is 0 Å². The van der Waals surface area contributed by atoms with Crippen LogP contribution in [-0.4, -0.2) is 15.2 Å². The molecule has 3 rings (SSSR count). The Balaban J connectivity index is 2.26. The van der Waals surface area contributed by atoms with E-state index in [1.54, 1.807) is 6.07 Å². The molecule has 2 N–H and O–H groups in total. The Bertz CT molecular complexity index is 733. The number of aryl methyl sites for hydroxylation is 2. The number of oxazole rings is 1. The maximum absolute atomic E-state index is 5.87. The van der Waals surface area contributed by atoms with Crippen molar-refractivity contribution in [2.75, 3.05) is 5.73 Å². The molecule has 0 aliphatic carbocycles. The van der Waals surface area contributed by atoms with E-state index < -0.39 is 0 Å². The van der Waals surface area contributed by atoms with Crippen LogP contribution in [0.3, 0.4) is 0 Å². The summed E-state index contributed by atoms with van der Waals surface area (Å²) in [4.78, 5) is 4.42. The fraction of sp³-hybridized carbons (Fsp3) is 0.154. The highest BCUT2D eigenvalue weighted by Gasteiger charge is 2.13. The van der Waals surface area contributed by atoms with Crippen molar-refractivity contribution in [3.8, 4) is 11.5 Å². The maximum atomic E-state index is 5.87. The van der Waals surface area contributed by atoms with Gasteiger partial charge in [-0.25, -0.2) is 4.98 Å². The van der Waals surface area contributed by atoms with Gasteiger partial charge in [0, 0.05) is 0 Å². The first kappa shape index (κ1) is 10.7. The van der Waals surface area contributed by atoms with E-state index in [0.29, 0.717) is 22.7 Å². The highest BCUT2D eigenvalue weighted by Crippen LogP contribution is 2.28. The van der Waals surface area contributed by atoms with Gasteiger partial charge in [0.15, 0.2) is 5.58 Å². The number of rotatable bonds is 1. The summed E-state index contributed by atoms with van der Waals surface area (Å²) in [6, 6.07) is 7.40. The lowest BCUT2D eigenvalue weighted by Crippen LogP contribution is -1.93. The largest absolute Gasteiger partial charge is 0.436 e. The molecule has 1 aromatic carbocycles. The predicted octanol–water partition coefficient (Wildman–Crippen LogP) is 2.48. The zero-order valence-electron chi connectivity index (χ0n) is 10.1. The van der Waals surface area contributed by atoms with Crippen LogP contribution in [0.5, 0.6) is 0 Å². The van der Waals surface area contributed by atoms with Crippen molar-refractivity contribution >= 4 is 16.8 Å². The fourth-order valence-electron chi connectivity index (χ4n) is 1.85. The average Bonchev–Trinajstić information content (AvgIpc) is 2.77. The number of hydrogen-bond donors (Lipinski definition) is 1. The monoisotopic (exact) mass is 240 g/mol. The van der Waals surface area contributed by atoms with Crippen molar-refractivity contribution in [1.29, 1.82) is 0 Å². The Hall–Kier alpha value is -2.43. The summed E-state index contributed by atoms with van der Waals surface area (Å²) >= 11 is 0. The number of hydrogen-bond acceptors (Lipinski definition) is 5. The summed E-state index contributed by atoms with van der Waals surface area (Å²) < 4.78 is 5.71. The van der Waals surface area contributed by atoms with Crippen LogP contribution in [0, 0.1) is 13.8 Å². The third-order valence-corrected chi connectivity index (χ3v) is 2.78. The van der Waals surface area contributed by atoms with Crippen molar-refractivity contribution in [3.05, 3.63) is 35.7 Å². The molecule has 2 aromatic heterocycles. The number of nitrogens with two attached hydrogens (primary N) is 1. The normalized spacial score (nSPS) is 11.0. The van der Waals surface area contributed by atoms with Crippen molar-refractivity contribution in [1.82, 2.24) is 15.2 Å². The number of nitrogens with zero attached hydrogens (tertiary/aromatic N) is 3. The van der Waals surface area contributed by atoms with Crippen LogP contribution in [0.1, 0.15) is 11.4 Å². The van der Waals surface area contributed by atoms with Crippen LogP contribution in [0.15, 0.2) is 28.7 Å². The van der Waals surface area contributed by atoms with Gasteiger partial charge in [0.1, 0.15) is 5.52 Å². The average molecular weight is 240 g/mol. The molecule has 18 heavy (non-hydrogen) atoms.